The first-order chi connectivity index (χ1) is 14.0. The molecule has 2 aromatic rings. The normalized spacial score (nSPS) is 10.3. The van der Waals surface area contributed by atoms with E-state index in [1.54, 1.807) is 37.3 Å². The fourth-order valence-corrected chi connectivity index (χ4v) is 2.70. The van der Waals surface area contributed by atoms with Crippen LogP contribution in [0.3, 0.4) is 0 Å². The predicted molar refractivity (Wildman–Crippen MR) is 109 cm³/mol. The zero-order valence-corrected chi connectivity index (χ0v) is 16.8. The Labute approximate surface area is 171 Å². The number of hydrogen-bond acceptors (Lipinski definition) is 8. The summed E-state index contributed by atoms with van der Waals surface area (Å²) in [5.74, 6) is 0.542. The molecule has 1 heterocycles. The van der Waals surface area contributed by atoms with Crippen molar-refractivity contribution < 1.29 is 28.4 Å². The van der Waals surface area contributed by atoms with Crippen molar-refractivity contribution in [3.05, 3.63) is 36.1 Å². The van der Waals surface area contributed by atoms with Crippen LogP contribution < -0.4 is 16.0 Å². The van der Waals surface area contributed by atoms with Crippen LogP contribution in [0.5, 0.6) is 0 Å². The maximum Gasteiger partial charge on any atom is 0.411 e. The van der Waals surface area contributed by atoms with Crippen molar-refractivity contribution in [2.24, 2.45) is 0 Å². The molecule has 0 aliphatic heterocycles. The molecule has 0 atom stereocenters. The van der Waals surface area contributed by atoms with E-state index in [4.69, 9.17) is 14.0 Å². The van der Waals surface area contributed by atoms with Crippen molar-refractivity contribution >= 4 is 46.9 Å². The first-order valence-electron chi connectivity index (χ1n) is 8.60. The molecular weight excluding hydrogens is 400 g/mol. The van der Waals surface area contributed by atoms with Crippen LogP contribution in [0.2, 0.25) is 0 Å². The lowest BCUT2D eigenvalue weighted by molar-refractivity contribution is -0.114. The minimum atomic E-state index is -0.616. The minimum Gasteiger partial charge on any atom is -0.447 e. The highest BCUT2D eigenvalue weighted by Gasteiger charge is 2.09. The molecule has 0 spiro atoms. The van der Waals surface area contributed by atoms with Gasteiger partial charge in [-0.15, -0.1) is 11.8 Å². The topological polar surface area (TPSA) is 132 Å². The number of nitrogens with zero attached hydrogens (tertiary/aromatic N) is 1. The first-order valence-corrected chi connectivity index (χ1v) is 9.75. The van der Waals surface area contributed by atoms with Gasteiger partial charge in [-0.2, -0.15) is 0 Å². The number of anilines is 3. The average molecular weight is 422 g/mol. The molecule has 156 valence electrons. The monoisotopic (exact) mass is 422 g/mol. The molecule has 11 heteroatoms. The zero-order valence-electron chi connectivity index (χ0n) is 16.0. The summed E-state index contributed by atoms with van der Waals surface area (Å²) in [7, 11) is 1.51. The van der Waals surface area contributed by atoms with Gasteiger partial charge in [0.1, 0.15) is 12.4 Å². The Hall–Kier alpha value is -3.05. The minimum absolute atomic E-state index is 0.0853. The van der Waals surface area contributed by atoms with Gasteiger partial charge in [-0.25, -0.2) is 4.79 Å². The second-order valence-electron chi connectivity index (χ2n) is 5.75. The fourth-order valence-electron chi connectivity index (χ4n) is 2.08. The lowest BCUT2D eigenvalue weighted by Crippen LogP contribution is -2.19. The molecular formula is C18H22N4O6S. The van der Waals surface area contributed by atoms with E-state index in [1.807, 2.05) is 0 Å². The Kier molecular flexibility index (Phi) is 8.99. The number of benzene rings is 1. The molecule has 0 saturated carbocycles. The van der Waals surface area contributed by atoms with Crippen LogP contribution in [-0.4, -0.2) is 54.9 Å². The van der Waals surface area contributed by atoms with E-state index in [2.05, 4.69) is 21.1 Å². The SMILES string of the molecule is COCCOC(=O)Nc1cccc(NC(=O)CSCC(=O)Nc2cc(C)on2)c1. The summed E-state index contributed by atoms with van der Waals surface area (Å²) >= 11 is 1.16. The maximum atomic E-state index is 12.0. The Bertz CT molecular complexity index is 841. The number of carbonyl (C=O) groups excluding carboxylic acids is 3. The number of hydrogen-bond donors (Lipinski definition) is 3. The zero-order chi connectivity index (χ0) is 21.1. The van der Waals surface area contributed by atoms with Gasteiger partial charge in [0.15, 0.2) is 5.82 Å². The van der Waals surface area contributed by atoms with Gasteiger partial charge in [0.05, 0.1) is 18.1 Å². The summed E-state index contributed by atoms with van der Waals surface area (Å²) in [6.45, 7) is 2.16. The molecule has 1 aromatic carbocycles. The van der Waals surface area contributed by atoms with Gasteiger partial charge in [0.2, 0.25) is 11.8 Å². The largest absolute Gasteiger partial charge is 0.447 e. The van der Waals surface area contributed by atoms with Crippen LogP contribution in [0.15, 0.2) is 34.9 Å². The van der Waals surface area contributed by atoms with Crippen LogP contribution in [-0.2, 0) is 19.1 Å². The van der Waals surface area contributed by atoms with Crippen molar-refractivity contribution in [1.29, 1.82) is 0 Å². The highest BCUT2D eigenvalue weighted by molar-refractivity contribution is 8.00. The maximum absolute atomic E-state index is 12.0. The van der Waals surface area contributed by atoms with Crippen molar-refractivity contribution in [2.45, 2.75) is 6.92 Å². The molecule has 0 fully saturated rings. The van der Waals surface area contributed by atoms with Crippen molar-refractivity contribution in [1.82, 2.24) is 5.16 Å². The standard InChI is InChI=1S/C18H22N4O6S/c1-12-8-15(22-28-12)21-17(24)11-29-10-16(23)19-13-4-3-5-14(9-13)20-18(25)27-7-6-26-2/h3-5,8-9H,6-7,10-11H2,1-2H3,(H,19,23)(H,20,25)(H,21,22,24). The number of ether oxygens (including phenoxy) is 2. The highest BCUT2D eigenvalue weighted by Crippen LogP contribution is 2.16. The van der Waals surface area contributed by atoms with Gasteiger partial charge < -0.3 is 24.6 Å². The van der Waals surface area contributed by atoms with Crippen LogP contribution in [0, 0.1) is 6.92 Å². The Balaban J connectivity index is 1.71. The summed E-state index contributed by atoms with van der Waals surface area (Å²) in [5.41, 5.74) is 0.980. The second kappa shape index (κ2) is 11.7. The molecule has 29 heavy (non-hydrogen) atoms. The quantitative estimate of drug-likeness (QED) is 0.498. The van der Waals surface area contributed by atoms with Gasteiger partial charge in [0, 0.05) is 24.6 Å². The Morgan fingerprint density at radius 2 is 1.72 bits per heavy atom. The van der Waals surface area contributed by atoms with Crippen molar-refractivity contribution in [2.75, 3.05) is 47.8 Å². The summed E-state index contributed by atoms with van der Waals surface area (Å²) in [6, 6.07) is 8.23. The van der Waals surface area contributed by atoms with E-state index in [9.17, 15) is 14.4 Å². The van der Waals surface area contributed by atoms with E-state index >= 15 is 0 Å². The third-order valence-corrected chi connectivity index (χ3v) is 4.21. The van der Waals surface area contributed by atoms with Gasteiger partial charge in [0.25, 0.3) is 0 Å². The molecule has 0 aliphatic rings. The fraction of sp³-hybridized carbons (Fsp3) is 0.333. The highest BCUT2D eigenvalue weighted by atomic mass is 32.2. The third-order valence-electron chi connectivity index (χ3n) is 3.28. The molecule has 1 aromatic heterocycles. The first kappa shape index (κ1) is 22.2. The summed E-state index contributed by atoms with van der Waals surface area (Å²) in [6.07, 6.45) is -0.616. The van der Waals surface area contributed by atoms with Crippen LogP contribution in [0.1, 0.15) is 5.76 Å². The van der Waals surface area contributed by atoms with E-state index in [1.165, 1.54) is 7.11 Å². The number of aromatic nitrogens is 1. The predicted octanol–water partition coefficient (Wildman–Crippen LogP) is 2.49. The van der Waals surface area contributed by atoms with Gasteiger partial charge in [-0.1, -0.05) is 11.2 Å². The van der Waals surface area contributed by atoms with Crippen LogP contribution in [0.4, 0.5) is 22.0 Å². The smallest absolute Gasteiger partial charge is 0.411 e. The summed E-state index contributed by atoms with van der Waals surface area (Å²) in [5, 5.41) is 11.5. The van der Waals surface area contributed by atoms with Crippen LogP contribution >= 0.6 is 11.8 Å². The molecule has 0 saturated heterocycles. The van der Waals surface area contributed by atoms with E-state index in [-0.39, 0.29) is 29.9 Å². The van der Waals surface area contributed by atoms with E-state index < -0.39 is 6.09 Å². The van der Waals surface area contributed by atoms with Gasteiger partial charge in [-0.05, 0) is 25.1 Å². The number of thioether (sulfide) groups is 1. The Morgan fingerprint density at radius 3 is 2.38 bits per heavy atom. The molecule has 10 nitrogen and oxygen atoms in total. The van der Waals surface area contributed by atoms with E-state index in [0.29, 0.717) is 29.6 Å². The molecule has 3 amide bonds. The number of rotatable bonds is 10. The van der Waals surface area contributed by atoms with E-state index in [0.717, 1.165) is 11.8 Å². The summed E-state index contributed by atoms with van der Waals surface area (Å²) in [4.78, 5) is 35.5. The number of carbonyl (C=O) groups is 3. The van der Waals surface area contributed by atoms with Crippen molar-refractivity contribution in [3.63, 3.8) is 0 Å². The number of aryl methyl sites for hydroxylation is 1. The molecule has 3 N–H and O–H groups in total. The lowest BCUT2D eigenvalue weighted by atomic mass is 10.3. The molecule has 0 unspecified atom stereocenters. The number of nitrogens with one attached hydrogen (secondary N) is 3. The number of amides is 3. The molecule has 0 bridgehead atoms. The summed E-state index contributed by atoms with van der Waals surface area (Å²) < 4.78 is 14.6. The Morgan fingerprint density at radius 1 is 1.03 bits per heavy atom. The van der Waals surface area contributed by atoms with Crippen LogP contribution in [0.25, 0.3) is 0 Å². The van der Waals surface area contributed by atoms with Gasteiger partial charge >= 0.3 is 6.09 Å². The average Bonchev–Trinajstić information content (AvgIpc) is 3.06. The molecule has 2 rings (SSSR count). The molecule has 0 aliphatic carbocycles. The number of methoxy groups -OCH3 is 1. The lowest BCUT2D eigenvalue weighted by Gasteiger charge is -2.09. The van der Waals surface area contributed by atoms with Crippen molar-refractivity contribution in [3.8, 4) is 0 Å². The van der Waals surface area contributed by atoms with Gasteiger partial charge in [-0.3, -0.25) is 14.9 Å². The third kappa shape index (κ3) is 8.66. The second-order valence-corrected chi connectivity index (χ2v) is 6.73. The molecule has 0 radical (unpaired) electrons.